The van der Waals surface area contributed by atoms with Crippen LogP contribution in [0.4, 0.5) is 10.5 Å². The molecule has 2 amide bonds. The van der Waals surface area contributed by atoms with Crippen LogP contribution in [0.1, 0.15) is 17.0 Å². The van der Waals surface area contributed by atoms with Gasteiger partial charge in [-0.15, -0.1) is 0 Å². The molecule has 0 atom stereocenters. The van der Waals surface area contributed by atoms with E-state index in [1.54, 1.807) is 24.3 Å². The molecule has 2 aromatic rings. The van der Waals surface area contributed by atoms with Crippen molar-refractivity contribution >= 4 is 34.7 Å². The van der Waals surface area contributed by atoms with E-state index in [9.17, 15) is 19.7 Å². The maximum absolute atomic E-state index is 12.5. The van der Waals surface area contributed by atoms with E-state index in [0.29, 0.717) is 11.3 Å². The summed E-state index contributed by atoms with van der Waals surface area (Å²) < 4.78 is 0. The van der Waals surface area contributed by atoms with Gasteiger partial charge in [0.1, 0.15) is 0 Å². The van der Waals surface area contributed by atoms with Gasteiger partial charge in [-0.25, -0.2) is 0 Å². The quantitative estimate of drug-likeness (QED) is 0.473. The van der Waals surface area contributed by atoms with Crippen molar-refractivity contribution in [1.82, 2.24) is 9.88 Å². The molecule has 7 nitrogen and oxygen atoms in total. The molecular weight excluding hydrogens is 342 g/mol. The van der Waals surface area contributed by atoms with Crippen LogP contribution in [0, 0.1) is 17.0 Å². The van der Waals surface area contributed by atoms with E-state index in [2.05, 4.69) is 4.98 Å². The Kier molecular flexibility index (Phi) is 4.62. The Bertz CT molecular complexity index is 910. The SMILES string of the molecule is Cc1cccc(/C=C2/SC(=O)N(Cc3ccccc3[N+](=O)[O-])C2=O)n1. The number of carbonyl (C=O) groups excluding carboxylic acids is 2. The summed E-state index contributed by atoms with van der Waals surface area (Å²) in [5, 5.41) is 10.6. The summed E-state index contributed by atoms with van der Waals surface area (Å²) in [4.78, 5) is 40.8. The predicted molar refractivity (Wildman–Crippen MR) is 93.6 cm³/mol. The molecule has 1 aromatic carbocycles. The maximum atomic E-state index is 12.5. The van der Waals surface area contributed by atoms with E-state index in [4.69, 9.17) is 0 Å². The van der Waals surface area contributed by atoms with Crippen LogP contribution >= 0.6 is 11.8 Å². The van der Waals surface area contributed by atoms with Crippen LogP contribution in [-0.4, -0.2) is 26.0 Å². The summed E-state index contributed by atoms with van der Waals surface area (Å²) in [5.41, 5.74) is 1.57. The highest BCUT2D eigenvalue weighted by molar-refractivity contribution is 8.18. The minimum absolute atomic E-state index is 0.120. The molecule has 1 aromatic heterocycles. The van der Waals surface area contributed by atoms with Gasteiger partial charge in [-0.3, -0.25) is 29.6 Å². The van der Waals surface area contributed by atoms with Crippen LogP contribution in [-0.2, 0) is 11.3 Å². The van der Waals surface area contributed by atoms with Crippen molar-refractivity contribution in [3.8, 4) is 0 Å². The second-order valence-corrected chi connectivity index (χ2v) is 6.35. The Labute approximate surface area is 147 Å². The minimum atomic E-state index is -0.527. The number of aromatic nitrogens is 1. The summed E-state index contributed by atoms with van der Waals surface area (Å²) in [6, 6.07) is 11.4. The van der Waals surface area contributed by atoms with Crippen molar-refractivity contribution < 1.29 is 14.5 Å². The summed E-state index contributed by atoms with van der Waals surface area (Å²) in [7, 11) is 0. The number of nitro benzene ring substituents is 1. The Morgan fingerprint density at radius 1 is 1.20 bits per heavy atom. The molecule has 0 radical (unpaired) electrons. The lowest BCUT2D eigenvalue weighted by Crippen LogP contribution is -2.27. The fraction of sp³-hybridized carbons (Fsp3) is 0.118. The highest BCUT2D eigenvalue weighted by atomic mass is 32.2. The summed E-state index contributed by atoms with van der Waals surface area (Å²) >= 11 is 0.805. The second-order valence-electron chi connectivity index (χ2n) is 5.36. The zero-order valence-electron chi connectivity index (χ0n) is 13.2. The number of aryl methyl sites for hydroxylation is 1. The van der Waals surface area contributed by atoms with E-state index < -0.39 is 16.1 Å². The topological polar surface area (TPSA) is 93.4 Å². The van der Waals surface area contributed by atoms with Crippen LogP contribution in [0.25, 0.3) is 6.08 Å². The first-order chi connectivity index (χ1) is 12.0. The number of rotatable bonds is 4. The first kappa shape index (κ1) is 16.8. The van der Waals surface area contributed by atoms with Gasteiger partial charge in [0.25, 0.3) is 16.8 Å². The number of para-hydroxylation sites is 1. The van der Waals surface area contributed by atoms with Crippen molar-refractivity contribution in [2.24, 2.45) is 0 Å². The van der Waals surface area contributed by atoms with E-state index in [1.807, 2.05) is 19.1 Å². The number of pyridine rings is 1. The molecule has 8 heteroatoms. The van der Waals surface area contributed by atoms with Crippen molar-refractivity contribution in [2.75, 3.05) is 0 Å². The van der Waals surface area contributed by atoms with E-state index in [0.717, 1.165) is 22.4 Å². The minimum Gasteiger partial charge on any atom is -0.268 e. The highest BCUT2D eigenvalue weighted by Gasteiger charge is 2.36. The van der Waals surface area contributed by atoms with Gasteiger partial charge in [0, 0.05) is 17.3 Å². The summed E-state index contributed by atoms with van der Waals surface area (Å²) in [5.74, 6) is -0.476. The number of imide groups is 1. The number of nitro groups is 1. The van der Waals surface area contributed by atoms with E-state index >= 15 is 0 Å². The van der Waals surface area contributed by atoms with Crippen molar-refractivity contribution in [3.05, 3.63) is 74.4 Å². The van der Waals surface area contributed by atoms with E-state index in [-0.39, 0.29) is 17.1 Å². The summed E-state index contributed by atoms with van der Waals surface area (Å²) in [6.07, 6.45) is 1.55. The summed E-state index contributed by atoms with van der Waals surface area (Å²) in [6.45, 7) is 1.69. The lowest BCUT2D eigenvalue weighted by molar-refractivity contribution is -0.385. The van der Waals surface area contributed by atoms with Crippen LogP contribution in [0.3, 0.4) is 0 Å². The predicted octanol–water partition coefficient (Wildman–Crippen LogP) is 3.53. The average Bonchev–Trinajstić information content (AvgIpc) is 2.83. The van der Waals surface area contributed by atoms with Crippen molar-refractivity contribution in [2.45, 2.75) is 13.5 Å². The number of hydrogen-bond donors (Lipinski definition) is 0. The monoisotopic (exact) mass is 355 g/mol. The molecule has 2 heterocycles. The van der Waals surface area contributed by atoms with Crippen molar-refractivity contribution in [1.29, 1.82) is 0 Å². The normalized spacial score (nSPS) is 15.9. The fourth-order valence-corrected chi connectivity index (χ4v) is 3.23. The number of carbonyl (C=O) groups is 2. The van der Waals surface area contributed by atoms with Gasteiger partial charge in [-0.1, -0.05) is 24.3 Å². The number of amides is 2. The fourth-order valence-electron chi connectivity index (χ4n) is 2.41. The first-order valence-corrected chi connectivity index (χ1v) is 8.18. The second kappa shape index (κ2) is 6.86. The molecule has 1 aliphatic rings. The molecule has 1 saturated heterocycles. The maximum Gasteiger partial charge on any atom is 0.293 e. The third kappa shape index (κ3) is 3.58. The molecule has 0 aliphatic carbocycles. The molecule has 1 fully saturated rings. The smallest absolute Gasteiger partial charge is 0.268 e. The van der Waals surface area contributed by atoms with Crippen LogP contribution < -0.4 is 0 Å². The van der Waals surface area contributed by atoms with Crippen LogP contribution in [0.2, 0.25) is 0 Å². The Hall–Kier alpha value is -3.00. The van der Waals surface area contributed by atoms with Gasteiger partial charge in [0.05, 0.1) is 22.1 Å². The zero-order valence-corrected chi connectivity index (χ0v) is 14.0. The van der Waals surface area contributed by atoms with Gasteiger partial charge >= 0.3 is 0 Å². The standard InChI is InChI=1S/C17H13N3O4S/c1-11-5-4-7-13(18-11)9-15-16(21)19(17(22)25-15)10-12-6-2-3-8-14(12)20(23)24/h2-9H,10H2,1H3/b15-9+. The molecule has 25 heavy (non-hydrogen) atoms. The number of thioether (sulfide) groups is 1. The van der Waals surface area contributed by atoms with Gasteiger partial charge < -0.3 is 0 Å². The molecule has 1 aliphatic heterocycles. The Morgan fingerprint density at radius 2 is 1.96 bits per heavy atom. The molecule has 0 spiro atoms. The average molecular weight is 355 g/mol. The van der Waals surface area contributed by atoms with E-state index in [1.165, 1.54) is 12.1 Å². The lowest BCUT2D eigenvalue weighted by atomic mass is 10.1. The molecule has 0 unspecified atom stereocenters. The largest absolute Gasteiger partial charge is 0.293 e. The Morgan fingerprint density at radius 3 is 2.68 bits per heavy atom. The number of benzene rings is 1. The number of nitrogens with zero attached hydrogens (tertiary/aromatic N) is 3. The third-order valence-corrected chi connectivity index (χ3v) is 4.49. The van der Waals surface area contributed by atoms with Crippen molar-refractivity contribution in [3.63, 3.8) is 0 Å². The molecule has 0 saturated carbocycles. The molecule has 126 valence electrons. The molecule has 0 bridgehead atoms. The molecule has 3 rings (SSSR count). The van der Waals surface area contributed by atoms with Gasteiger partial charge in [0.2, 0.25) is 0 Å². The highest BCUT2D eigenvalue weighted by Crippen LogP contribution is 2.34. The zero-order chi connectivity index (χ0) is 18.0. The van der Waals surface area contributed by atoms with Gasteiger partial charge in [0.15, 0.2) is 0 Å². The number of hydrogen-bond acceptors (Lipinski definition) is 6. The molecule has 0 N–H and O–H groups in total. The van der Waals surface area contributed by atoms with Gasteiger partial charge in [-0.05, 0) is 36.9 Å². The first-order valence-electron chi connectivity index (χ1n) is 7.37. The van der Waals surface area contributed by atoms with Gasteiger partial charge in [-0.2, -0.15) is 0 Å². The van der Waals surface area contributed by atoms with Crippen LogP contribution in [0.15, 0.2) is 47.4 Å². The lowest BCUT2D eigenvalue weighted by Gasteiger charge is -2.12. The Balaban J connectivity index is 1.86. The third-order valence-electron chi connectivity index (χ3n) is 3.58. The molecular formula is C17H13N3O4S. The van der Waals surface area contributed by atoms with Crippen LogP contribution in [0.5, 0.6) is 0 Å².